The van der Waals surface area contributed by atoms with Crippen LogP contribution in [0.3, 0.4) is 0 Å². The van der Waals surface area contributed by atoms with Crippen molar-refractivity contribution in [2.75, 3.05) is 6.61 Å². The average molecular weight is 279 g/mol. The first-order valence-electron chi connectivity index (χ1n) is 8.16. The van der Waals surface area contributed by atoms with E-state index in [0.717, 1.165) is 25.4 Å². The molecule has 0 spiro atoms. The van der Waals surface area contributed by atoms with Crippen molar-refractivity contribution in [1.29, 1.82) is 0 Å². The molecule has 0 aromatic carbocycles. The summed E-state index contributed by atoms with van der Waals surface area (Å²) < 4.78 is 8.20. The average Bonchev–Trinajstić information content (AvgIpc) is 2.94. The molecule has 1 heterocycles. The normalized spacial score (nSPS) is 19.9. The van der Waals surface area contributed by atoms with Gasteiger partial charge in [-0.3, -0.25) is 0 Å². The van der Waals surface area contributed by atoms with Crippen LogP contribution in [-0.2, 0) is 11.3 Å². The summed E-state index contributed by atoms with van der Waals surface area (Å²) in [5, 5.41) is 0. The number of hydrogen-bond donors (Lipinski definition) is 1. The van der Waals surface area contributed by atoms with Crippen LogP contribution in [-0.4, -0.2) is 22.3 Å². The first-order valence-corrected chi connectivity index (χ1v) is 8.16. The molecule has 1 saturated carbocycles. The highest BCUT2D eigenvalue weighted by molar-refractivity contribution is 5.03. The lowest BCUT2D eigenvalue weighted by Crippen LogP contribution is -2.38. The van der Waals surface area contributed by atoms with Gasteiger partial charge in [0.05, 0.1) is 12.1 Å². The van der Waals surface area contributed by atoms with Crippen LogP contribution in [0.4, 0.5) is 0 Å². The molecule has 1 aliphatic carbocycles. The van der Waals surface area contributed by atoms with Gasteiger partial charge in [-0.15, -0.1) is 0 Å². The molecule has 4 nitrogen and oxygen atoms in total. The van der Waals surface area contributed by atoms with Gasteiger partial charge in [0.2, 0.25) is 0 Å². The van der Waals surface area contributed by atoms with Crippen molar-refractivity contribution in [2.45, 2.75) is 71.1 Å². The molecule has 2 unspecified atom stereocenters. The molecule has 2 N–H and O–H groups in total. The Bertz CT molecular complexity index is 385. The highest BCUT2D eigenvalue weighted by Crippen LogP contribution is 2.33. The van der Waals surface area contributed by atoms with Gasteiger partial charge in [-0.2, -0.15) is 0 Å². The molecule has 1 aromatic rings. The van der Waals surface area contributed by atoms with Gasteiger partial charge in [-0.1, -0.05) is 26.2 Å². The molecule has 4 heteroatoms. The molecule has 2 atom stereocenters. The first-order chi connectivity index (χ1) is 9.77. The van der Waals surface area contributed by atoms with Crippen molar-refractivity contribution < 1.29 is 4.74 Å². The van der Waals surface area contributed by atoms with Gasteiger partial charge >= 0.3 is 0 Å². The molecule has 1 aliphatic rings. The van der Waals surface area contributed by atoms with Crippen LogP contribution in [0.5, 0.6) is 0 Å². The topological polar surface area (TPSA) is 53.1 Å². The summed E-state index contributed by atoms with van der Waals surface area (Å²) in [6.07, 6.45) is 11.6. The van der Waals surface area contributed by atoms with Crippen molar-refractivity contribution in [3.8, 4) is 0 Å². The highest BCUT2D eigenvalue weighted by atomic mass is 16.5. The molecular weight excluding hydrogens is 250 g/mol. The van der Waals surface area contributed by atoms with E-state index in [1.54, 1.807) is 0 Å². The molecule has 114 valence electrons. The Morgan fingerprint density at radius 1 is 1.35 bits per heavy atom. The lowest BCUT2D eigenvalue weighted by molar-refractivity contribution is -0.0122. The highest BCUT2D eigenvalue weighted by Gasteiger charge is 2.32. The minimum atomic E-state index is -0.111. The Morgan fingerprint density at radius 2 is 2.10 bits per heavy atom. The van der Waals surface area contributed by atoms with Crippen LogP contribution in [0.2, 0.25) is 0 Å². The Balaban J connectivity index is 2.12. The van der Waals surface area contributed by atoms with Crippen molar-refractivity contribution in [2.24, 2.45) is 11.7 Å². The number of aromatic nitrogens is 2. The maximum absolute atomic E-state index is 6.52. The fourth-order valence-corrected chi connectivity index (χ4v) is 3.38. The van der Waals surface area contributed by atoms with Crippen molar-refractivity contribution >= 4 is 0 Å². The van der Waals surface area contributed by atoms with E-state index in [9.17, 15) is 0 Å². The second kappa shape index (κ2) is 7.79. The molecule has 20 heavy (non-hydrogen) atoms. The maximum atomic E-state index is 6.52. The molecule has 1 aromatic heterocycles. The summed E-state index contributed by atoms with van der Waals surface area (Å²) in [7, 11) is 0. The summed E-state index contributed by atoms with van der Waals surface area (Å²) in [6.45, 7) is 5.94. The summed E-state index contributed by atoms with van der Waals surface area (Å²) in [6, 6.07) is -0.111. The van der Waals surface area contributed by atoms with E-state index in [1.165, 1.54) is 32.1 Å². The molecule has 2 rings (SSSR count). The molecule has 0 amide bonds. The van der Waals surface area contributed by atoms with E-state index in [2.05, 4.69) is 23.4 Å². The number of rotatable bonds is 7. The predicted octanol–water partition coefficient (Wildman–Crippen LogP) is 3.28. The fourth-order valence-electron chi connectivity index (χ4n) is 3.38. The lowest BCUT2D eigenvalue weighted by atomic mass is 9.82. The number of imidazole rings is 1. The Morgan fingerprint density at radius 3 is 2.75 bits per heavy atom. The lowest BCUT2D eigenvalue weighted by Gasteiger charge is -2.33. The summed E-state index contributed by atoms with van der Waals surface area (Å²) in [5.41, 5.74) is 6.52. The monoisotopic (exact) mass is 279 g/mol. The molecular formula is C16H29N3O. The zero-order valence-electron chi connectivity index (χ0n) is 12.9. The second-order valence-corrected chi connectivity index (χ2v) is 5.82. The van der Waals surface area contributed by atoms with E-state index in [-0.39, 0.29) is 12.1 Å². The Kier molecular flexibility index (Phi) is 6.05. The standard InChI is InChI=1S/C16H29N3O/c1-3-11-19-12-10-18-16(19)14(17)15(20-4-2)13-8-6-5-7-9-13/h10,12-15H,3-9,11,17H2,1-2H3. The van der Waals surface area contributed by atoms with Gasteiger partial charge in [-0.05, 0) is 32.1 Å². The number of aryl methyl sites for hydroxylation is 1. The summed E-state index contributed by atoms with van der Waals surface area (Å²) in [5.74, 6) is 1.57. The van der Waals surface area contributed by atoms with E-state index in [1.807, 2.05) is 12.4 Å². The maximum Gasteiger partial charge on any atom is 0.128 e. The minimum Gasteiger partial charge on any atom is -0.376 e. The summed E-state index contributed by atoms with van der Waals surface area (Å²) >= 11 is 0. The van der Waals surface area contributed by atoms with E-state index < -0.39 is 0 Å². The van der Waals surface area contributed by atoms with Gasteiger partial charge < -0.3 is 15.0 Å². The van der Waals surface area contributed by atoms with Crippen LogP contribution in [0.25, 0.3) is 0 Å². The van der Waals surface area contributed by atoms with E-state index >= 15 is 0 Å². The van der Waals surface area contributed by atoms with Crippen molar-refractivity contribution in [3.63, 3.8) is 0 Å². The Hall–Kier alpha value is -0.870. The van der Waals surface area contributed by atoms with Gasteiger partial charge in [0, 0.05) is 25.5 Å². The van der Waals surface area contributed by atoms with Gasteiger partial charge in [-0.25, -0.2) is 4.98 Å². The zero-order chi connectivity index (χ0) is 14.4. The zero-order valence-corrected chi connectivity index (χ0v) is 12.9. The van der Waals surface area contributed by atoms with Crippen molar-refractivity contribution in [3.05, 3.63) is 18.2 Å². The van der Waals surface area contributed by atoms with Gasteiger partial charge in [0.15, 0.2) is 0 Å². The smallest absolute Gasteiger partial charge is 0.128 e. The number of ether oxygens (including phenoxy) is 1. The van der Waals surface area contributed by atoms with Crippen LogP contribution >= 0.6 is 0 Å². The molecule has 0 aliphatic heterocycles. The van der Waals surface area contributed by atoms with Gasteiger partial charge in [0.1, 0.15) is 5.82 Å². The largest absolute Gasteiger partial charge is 0.376 e. The number of nitrogens with zero attached hydrogens (tertiary/aromatic N) is 2. The molecule has 0 bridgehead atoms. The third-order valence-corrected chi connectivity index (χ3v) is 4.34. The minimum absolute atomic E-state index is 0.110. The third kappa shape index (κ3) is 3.61. The number of hydrogen-bond acceptors (Lipinski definition) is 3. The van der Waals surface area contributed by atoms with E-state index in [0.29, 0.717) is 5.92 Å². The van der Waals surface area contributed by atoms with Crippen LogP contribution < -0.4 is 5.73 Å². The third-order valence-electron chi connectivity index (χ3n) is 4.34. The Labute approximate surface area is 122 Å². The molecule has 0 saturated heterocycles. The first kappa shape index (κ1) is 15.5. The number of nitrogens with two attached hydrogens (primary N) is 1. The predicted molar refractivity (Wildman–Crippen MR) is 81.4 cm³/mol. The molecule has 0 radical (unpaired) electrons. The van der Waals surface area contributed by atoms with E-state index in [4.69, 9.17) is 10.5 Å². The second-order valence-electron chi connectivity index (χ2n) is 5.82. The quantitative estimate of drug-likeness (QED) is 0.833. The SMILES string of the molecule is CCCn1ccnc1C(N)C(OCC)C1CCCCC1. The summed E-state index contributed by atoms with van der Waals surface area (Å²) in [4.78, 5) is 4.49. The fraction of sp³-hybridized carbons (Fsp3) is 0.812. The van der Waals surface area contributed by atoms with Gasteiger partial charge in [0.25, 0.3) is 0 Å². The van der Waals surface area contributed by atoms with Crippen LogP contribution in [0.1, 0.15) is 64.2 Å². The molecule has 1 fully saturated rings. The van der Waals surface area contributed by atoms with Crippen molar-refractivity contribution in [1.82, 2.24) is 9.55 Å². The van der Waals surface area contributed by atoms with Crippen LogP contribution in [0.15, 0.2) is 12.4 Å². The van der Waals surface area contributed by atoms with Crippen LogP contribution in [0, 0.1) is 5.92 Å².